The Morgan fingerprint density at radius 3 is 2.41 bits per heavy atom. The zero-order valence-electron chi connectivity index (χ0n) is 15.6. The van der Waals surface area contributed by atoms with Crippen molar-refractivity contribution in [2.24, 2.45) is 0 Å². The van der Waals surface area contributed by atoms with Gasteiger partial charge < -0.3 is 19.8 Å². The van der Waals surface area contributed by atoms with Crippen LogP contribution in [-0.2, 0) is 0 Å². The molecular formula is C22H19BrN4O2. The first-order valence-electron chi connectivity index (χ1n) is 9.52. The summed E-state index contributed by atoms with van der Waals surface area (Å²) in [5.74, 6) is 0.0352. The minimum absolute atomic E-state index is 0.0352. The molecule has 0 aliphatic carbocycles. The third-order valence-electron chi connectivity index (χ3n) is 5.45. The number of hydrogen-bond acceptors (Lipinski definition) is 3. The second-order valence-electron chi connectivity index (χ2n) is 7.29. The average Bonchev–Trinajstić information content (AvgIpc) is 3.16. The number of anilines is 1. The maximum absolute atomic E-state index is 12.9. The lowest BCUT2D eigenvalue weighted by Gasteiger charge is -2.36. The highest BCUT2D eigenvalue weighted by atomic mass is 79.9. The molecule has 5 rings (SSSR count). The van der Waals surface area contributed by atoms with E-state index in [2.05, 4.69) is 36.9 Å². The van der Waals surface area contributed by atoms with E-state index in [9.17, 15) is 9.59 Å². The van der Waals surface area contributed by atoms with Gasteiger partial charge in [-0.05, 0) is 48.5 Å². The third-order valence-corrected chi connectivity index (χ3v) is 5.95. The molecule has 0 bridgehead atoms. The Labute approximate surface area is 175 Å². The van der Waals surface area contributed by atoms with Gasteiger partial charge in [0.1, 0.15) is 5.69 Å². The standard InChI is InChI=1S/C22H19BrN4O2/c23-16-2-4-19-15(11-16)13-20(24-19)22(29)27-9-7-26(8-10-27)17-3-5-18-14(12-17)1-6-21(28)25-18/h1-6,11-13,24H,7-10H2,(H,25,28). The topological polar surface area (TPSA) is 72.2 Å². The molecule has 29 heavy (non-hydrogen) atoms. The molecule has 0 spiro atoms. The van der Waals surface area contributed by atoms with Gasteiger partial charge >= 0.3 is 0 Å². The molecule has 4 aromatic rings. The van der Waals surface area contributed by atoms with E-state index in [0.29, 0.717) is 18.8 Å². The number of piperazine rings is 1. The first-order chi connectivity index (χ1) is 14.1. The van der Waals surface area contributed by atoms with Crippen molar-refractivity contribution in [2.45, 2.75) is 0 Å². The van der Waals surface area contributed by atoms with E-state index < -0.39 is 0 Å². The van der Waals surface area contributed by atoms with Crippen LogP contribution >= 0.6 is 15.9 Å². The molecule has 0 atom stereocenters. The maximum Gasteiger partial charge on any atom is 0.270 e. The molecule has 6 nitrogen and oxygen atoms in total. The SMILES string of the molecule is O=C(c1cc2cc(Br)ccc2[nH]1)N1CCN(c2ccc3[nH]c(=O)ccc3c2)CC1. The van der Waals surface area contributed by atoms with Crippen molar-refractivity contribution in [3.05, 3.63) is 75.1 Å². The van der Waals surface area contributed by atoms with Crippen LogP contribution in [0.15, 0.2) is 63.9 Å². The monoisotopic (exact) mass is 450 g/mol. The molecule has 3 heterocycles. The summed E-state index contributed by atoms with van der Waals surface area (Å²) in [5.41, 5.74) is 3.43. The summed E-state index contributed by atoms with van der Waals surface area (Å²) in [7, 11) is 0. The van der Waals surface area contributed by atoms with Crippen LogP contribution in [0.4, 0.5) is 5.69 Å². The normalized spacial score (nSPS) is 14.7. The van der Waals surface area contributed by atoms with E-state index >= 15 is 0 Å². The van der Waals surface area contributed by atoms with E-state index in [-0.39, 0.29) is 11.5 Å². The van der Waals surface area contributed by atoms with Crippen LogP contribution in [0.1, 0.15) is 10.5 Å². The van der Waals surface area contributed by atoms with Gasteiger partial charge in [0.15, 0.2) is 0 Å². The highest BCUT2D eigenvalue weighted by Crippen LogP contribution is 2.24. The van der Waals surface area contributed by atoms with Gasteiger partial charge in [0.05, 0.1) is 0 Å². The highest BCUT2D eigenvalue weighted by Gasteiger charge is 2.23. The zero-order chi connectivity index (χ0) is 20.0. The summed E-state index contributed by atoms with van der Waals surface area (Å²) in [6.45, 7) is 2.88. The Balaban J connectivity index is 1.31. The number of halogens is 1. The van der Waals surface area contributed by atoms with Crippen molar-refractivity contribution in [3.8, 4) is 0 Å². The van der Waals surface area contributed by atoms with Crippen LogP contribution in [-0.4, -0.2) is 47.0 Å². The van der Waals surface area contributed by atoms with Crippen molar-refractivity contribution in [1.29, 1.82) is 0 Å². The van der Waals surface area contributed by atoms with Crippen molar-refractivity contribution < 1.29 is 4.79 Å². The van der Waals surface area contributed by atoms with Gasteiger partial charge in [-0.15, -0.1) is 0 Å². The summed E-state index contributed by atoms with van der Waals surface area (Å²) in [6, 6.07) is 17.3. The number of aromatic nitrogens is 2. The van der Waals surface area contributed by atoms with Gasteiger partial charge in [-0.1, -0.05) is 15.9 Å². The lowest BCUT2D eigenvalue weighted by Crippen LogP contribution is -2.48. The van der Waals surface area contributed by atoms with E-state index in [1.54, 1.807) is 6.07 Å². The van der Waals surface area contributed by atoms with Gasteiger partial charge in [-0.25, -0.2) is 0 Å². The number of nitrogens with one attached hydrogen (secondary N) is 2. The molecule has 0 radical (unpaired) electrons. The molecule has 2 aromatic carbocycles. The smallest absolute Gasteiger partial charge is 0.270 e. The zero-order valence-corrected chi connectivity index (χ0v) is 17.2. The fourth-order valence-electron chi connectivity index (χ4n) is 3.90. The molecule has 1 amide bonds. The molecule has 2 aromatic heterocycles. The minimum Gasteiger partial charge on any atom is -0.368 e. The molecule has 2 N–H and O–H groups in total. The Morgan fingerprint density at radius 2 is 1.59 bits per heavy atom. The number of H-pyrrole nitrogens is 2. The number of pyridine rings is 1. The lowest BCUT2D eigenvalue weighted by molar-refractivity contribution is 0.0742. The predicted octanol–water partition coefficient (Wildman–Crippen LogP) is 3.73. The van der Waals surface area contributed by atoms with Gasteiger partial charge in [-0.2, -0.15) is 0 Å². The number of nitrogens with zero attached hydrogens (tertiary/aromatic N) is 2. The van der Waals surface area contributed by atoms with Crippen molar-refractivity contribution in [1.82, 2.24) is 14.9 Å². The Morgan fingerprint density at radius 1 is 0.828 bits per heavy atom. The molecule has 146 valence electrons. The van der Waals surface area contributed by atoms with Crippen molar-refractivity contribution in [2.75, 3.05) is 31.1 Å². The molecule has 0 unspecified atom stereocenters. The Bertz CT molecular complexity index is 1280. The van der Waals surface area contributed by atoms with Crippen LogP contribution < -0.4 is 10.5 Å². The summed E-state index contributed by atoms with van der Waals surface area (Å²) >= 11 is 3.47. The molecule has 1 saturated heterocycles. The van der Waals surface area contributed by atoms with E-state index in [4.69, 9.17) is 0 Å². The predicted molar refractivity (Wildman–Crippen MR) is 119 cm³/mol. The largest absolute Gasteiger partial charge is 0.368 e. The summed E-state index contributed by atoms with van der Waals surface area (Å²) in [5, 5.41) is 2.03. The van der Waals surface area contributed by atoms with Gasteiger partial charge in [0.2, 0.25) is 5.56 Å². The second kappa shape index (κ2) is 7.08. The number of fused-ring (bicyclic) bond motifs is 2. The fourth-order valence-corrected chi connectivity index (χ4v) is 4.27. The summed E-state index contributed by atoms with van der Waals surface area (Å²) in [4.78, 5) is 34.6. The summed E-state index contributed by atoms with van der Waals surface area (Å²) in [6.07, 6.45) is 0. The number of amides is 1. The maximum atomic E-state index is 12.9. The lowest BCUT2D eigenvalue weighted by atomic mass is 10.1. The van der Waals surface area contributed by atoms with Crippen LogP contribution in [0.2, 0.25) is 0 Å². The van der Waals surface area contributed by atoms with Crippen molar-refractivity contribution in [3.63, 3.8) is 0 Å². The third kappa shape index (κ3) is 3.42. The van der Waals surface area contributed by atoms with E-state index in [1.165, 1.54) is 0 Å². The first kappa shape index (κ1) is 18.0. The first-order valence-corrected chi connectivity index (χ1v) is 10.3. The molecular weight excluding hydrogens is 432 g/mol. The van der Waals surface area contributed by atoms with Crippen LogP contribution in [0.5, 0.6) is 0 Å². The molecule has 1 fully saturated rings. The number of hydrogen-bond donors (Lipinski definition) is 2. The number of benzene rings is 2. The fraction of sp³-hybridized carbons (Fsp3) is 0.182. The van der Waals surface area contributed by atoms with Crippen LogP contribution in [0.3, 0.4) is 0 Å². The van der Waals surface area contributed by atoms with E-state index in [1.807, 2.05) is 47.4 Å². The average molecular weight is 451 g/mol. The van der Waals surface area contributed by atoms with Gasteiger partial charge in [0, 0.05) is 64.2 Å². The number of carbonyl (C=O) groups excluding carboxylic acids is 1. The van der Waals surface area contributed by atoms with Gasteiger partial charge in [0.25, 0.3) is 5.91 Å². The number of rotatable bonds is 2. The quantitative estimate of drug-likeness (QED) is 0.488. The van der Waals surface area contributed by atoms with Gasteiger partial charge in [-0.3, -0.25) is 9.59 Å². The Hall–Kier alpha value is -3.06. The minimum atomic E-state index is -0.0956. The summed E-state index contributed by atoms with van der Waals surface area (Å²) < 4.78 is 0.996. The molecule has 1 aliphatic heterocycles. The van der Waals surface area contributed by atoms with Crippen LogP contribution in [0, 0.1) is 0 Å². The van der Waals surface area contributed by atoms with Crippen molar-refractivity contribution >= 4 is 49.3 Å². The Kier molecular flexibility index (Phi) is 4.39. The van der Waals surface area contributed by atoms with E-state index in [0.717, 1.165) is 45.1 Å². The number of aromatic amines is 2. The molecule has 7 heteroatoms. The molecule has 1 aliphatic rings. The number of carbonyl (C=O) groups is 1. The van der Waals surface area contributed by atoms with Crippen LogP contribution in [0.25, 0.3) is 21.8 Å². The molecule has 0 saturated carbocycles. The highest BCUT2D eigenvalue weighted by molar-refractivity contribution is 9.10. The second-order valence-corrected chi connectivity index (χ2v) is 8.20.